The van der Waals surface area contributed by atoms with Crippen molar-refractivity contribution < 1.29 is 4.79 Å². The van der Waals surface area contributed by atoms with E-state index in [1.165, 1.54) is 0 Å². The van der Waals surface area contributed by atoms with Crippen molar-refractivity contribution in [3.63, 3.8) is 0 Å². The number of nitriles is 1. The van der Waals surface area contributed by atoms with Gasteiger partial charge in [-0.1, -0.05) is 20.8 Å². The maximum Gasteiger partial charge on any atom is 0.258 e. The lowest BCUT2D eigenvalue weighted by atomic mass is 9.76. The highest BCUT2D eigenvalue weighted by atomic mass is 16.2. The van der Waals surface area contributed by atoms with Crippen molar-refractivity contribution in [1.82, 2.24) is 14.7 Å². The molecule has 0 atom stereocenters. The third kappa shape index (κ3) is 2.67. The molecule has 1 amide bonds. The molecular formula is C16H24N4O. The highest BCUT2D eigenvalue weighted by Gasteiger charge is 2.44. The van der Waals surface area contributed by atoms with Gasteiger partial charge in [0.25, 0.3) is 5.91 Å². The van der Waals surface area contributed by atoms with Crippen LogP contribution in [0.1, 0.15) is 56.1 Å². The van der Waals surface area contributed by atoms with Gasteiger partial charge in [-0.2, -0.15) is 10.4 Å². The van der Waals surface area contributed by atoms with Crippen molar-refractivity contribution in [2.24, 2.45) is 5.92 Å². The van der Waals surface area contributed by atoms with Gasteiger partial charge in [0.2, 0.25) is 0 Å². The number of carbonyl (C=O) groups excluding carboxylic acids is 1. The Kier molecular flexibility index (Phi) is 4.36. The molecule has 0 radical (unpaired) electrons. The van der Waals surface area contributed by atoms with Gasteiger partial charge in [-0.05, 0) is 31.6 Å². The van der Waals surface area contributed by atoms with Gasteiger partial charge in [-0.15, -0.1) is 0 Å². The fraction of sp³-hybridized carbons (Fsp3) is 0.688. The highest BCUT2D eigenvalue weighted by molar-refractivity contribution is 5.95. The standard InChI is InChI=1S/C16H24N4O/c1-5-14-13(9-18-20(14)10-12(2)3)15(21)19(4)16(11-17)7-6-8-16/h9,12H,5-8,10H2,1-4H3. The molecule has 5 nitrogen and oxygen atoms in total. The minimum absolute atomic E-state index is 0.0805. The third-order valence-corrected chi connectivity index (χ3v) is 4.39. The van der Waals surface area contributed by atoms with Crippen LogP contribution in [0.3, 0.4) is 0 Å². The van der Waals surface area contributed by atoms with Crippen molar-refractivity contribution in [2.45, 2.75) is 58.5 Å². The normalized spacial score (nSPS) is 16.4. The van der Waals surface area contributed by atoms with E-state index in [9.17, 15) is 10.1 Å². The first-order valence-corrected chi connectivity index (χ1v) is 7.69. The first-order valence-electron chi connectivity index (χ1n) is 7.69. The van der Waals surface area contributed by atoms with Gasteiger partial charge in [0.1, 0.15) is 5.54 Å². The molecule has 0 saturated heterocycles. The van der Waals surface area contributed by atoms with Crippen LogP contribution in [0.15, 0.2) is 6.20 Å². The van der Waals surface area contributed by atoms with Crippen LogP contribution in [0.25, 0.3) is 0 Å². The smallest absolute Gasteiger partial charge is 0.258 e. The molecular weight excluding hydrogens is 264 g/mol. The molecule has 0 bridgehead atoms. The molecule has 0 aromatic carbocycles. The molecule has 21 heavy (non-hydrogen) atoms. The maximum atomic E-state index is 12.7. The molecule has 5 heteroatoms. The Labute approximate surface area is 126 Å². The number of amides is 1. The molecule has 0 spiro atoms. The minimum Gasteiger partial charge on any atom is -0.323 e. The molecule has 1 aromatic rings. The summed E-state index contributed by atoms with van der Waals surface area (Å²) in [5, 5.41) is 13.8. The molecule has 1 aliphatic rings. The predicted molar refractivity (Wildman–Crippen MR) is 80.7 cm³/mol. The third-order valence-electron chi connectivity index (χ3n) is 4.39. The van der Waals surface area contributed by atoms with Crippen molar-refractivity contribution in [1.29, 1.82) is 5.26 Å². The van der Waals surface area contributed by atoms with Crippen LogP contribution in [0, 0.1) is 17.2 Å². The fourth-order valence-electron chi connectivity index (χ4n) is 2.87. The van der Waals surface area contributed by atoms with E-state index in [1.807, 2.05) is 11.6 Å². The summed E-state index contributed by atoms with van der Waals surface area (Å²) in [5.74, 6) is 0.399. The summed E-state index contributed by atoms with van der Waals surface area (Å²) in [6, 6.07) is 2.32. The summed E-state index contributed by atoms with van der Waals surface area (Å²) in [6.07, 6.45) is 4.98. The number of carbonyl (C=O) groups is 1. The van der Waals surface area contributed by atoms with Gasteiger partial charge < -0.3 is 4.90 Å². The van der Waals surface area contributed by atoms with E-state index in [-0.39, 0.29) is 5.91 Å². The fourth-order valence-corrected chi connectivity index (χ4v) is 2.87. The second-order valence-corrected chi connectivity index (χ2v) is 6.30. The summed E-state index contributed by atoms with van der Waals surface area (Å²) in [7, 11) is 1.74. The number of hydrogen-bond donors (Lipinski definition) is 0. The highest BCUT2D eigenvalue weighted by Crippen LogP contribution is 2.37. The Hall–Kier alpha value is -1.83. The summed E-state index contributed by atoms with van der Waals surface area (Å²) in [5.41, 5.74) is 0.998. The molecule has 1 saturated carbocycles. The average molecular weight is 288 g/mol. The number of aromatic nitrogens is 2. The number of nitrogens with zero attached hydrogens (tertiary/aromatic N) is 4. The topological polar surface area (TPSA) is 61.9 Å². The lowest BCUT2D eigenvalue weighted by Crippen LogP contribution is -2.53. The SMILES string of the molecule is CCc1c(C(=O)N(C)C2(C#N)CCC2)cnn1CC(C)C. The van der Waals surface area contributed by atoms with E-state index in [0.717, 1.165) is 37.9 Å². The Morgan fingerprint density at radius 1 is 1.57 bits per heavy atom. The van der Waals surface area contributed by atoms with Crippen LogP contribution in [-0.2, 0) is 13.0 Å². The monoisotopic (exact) mass is 288 g/mol. The van der Waals surface area contributed by atoms with E-state index in [4.69, 9.17) is 0 Å². The van der Waals surface area contributed by atoms with E-state index >= 15 is 0 Å². The largest absolute Gasteiger partial charge is 0.323 e. The quantitative estimate of drug-likeness (QED) is 0.836. The Morgan fingerprint density at radius 2 is 2.24 bits per heavy atom. The van der Waals surface area contributed by atoms with Crippen LogP contribution < -0.4 is 0 Å². The molecule has 0 N–H and O–H groups in total. The van der Waals surface area contributed by atoms with Gasteiger partial charge in [0, 0.05) is 13.6 Å². The second-order valence-electron chi connectivity index (χ2n) is 6.30. The van der Waals surface area contributed by atoms with Crippen LogP contribution in [0.2, 0.25) is 0 Å². The van der Waals surface area contributed by atoms with Crippen molar-refractivity contribution in [2.75, 3.05) is 7.05 Å². The number of rotatable bonds is 5. The Morgan fingerprint density at radius 3 is 2.67 bits per heavy atom. The van der Waals surface area contributed by atoms with Gasteiger partial charge in [0.05, 0.1) is 23.5 Å². The molecule has 1 aromatic heterocycles. The van der Waals surface area contributed by atoms with E-state index in [1.54, 1.807) is 18.1 Å². The van der Waals surface area contributed by atoms with Crippen LogP contribution in [0.4, 0.5) is 0 Å². The Bertz CT molecular complexity index is 563. The van der Waals surface area contributed by atoms with Crippen LogP contribution >= 0.6 is 0 Å². The molecule has 2 rings (SSSR count). The second kappa shape index (κ2) is 5.88. The Balaban J connectivity index is 2.27. The predicted octanol–water partition coefficient (Wildman–Crippen LogP) is 2.62. The van der Waals surface area contributed by atoms with Crippen LogP contribution in [0.5, 0.6) is 0 Å². The molecule has 0 aliphatic heterocycles. The molecule has 1 fully saturated rings. The van der Waals surface area contributed by atoms with E-state index in [2.05, 4.69) is 25.0 Å². The average Bonchev–Trinajstić information content (AvgIpc) is 2.78. The lowest BCUT2D eigenvalue weighted by Gasteiger charge is -2.42. The van der Waals surface area contributed by atoms with Gasteiger partial charge >= 0.3 is 0 Å². The maximum absolute atomic E-state index is 12.7. The zero-order chi connectivity index (χ0) is 15.6. The minimum atomic E-state index is -0.609. The summed E-state index contributed by atoms with van der Waals surface area (Å²) in [6.45, 7) is 7.11. The first-order chi connectivity index (χ1) is 9.95. The molecule has 1 aliphatic carbocycles. The van der Waals surface area contributed by atoms with Crippen molar-refractivity contribution >= 4 is 5.91 Å². The van der Waals surface area contributed by atoms with E-state index in [0.29, 0.717) is 11.5 Å². The van der Waals surface area contributed by atoms with Gasteiger partial charge in [-0.3, -0.25) is 9.48 Å². The summed E-state index contributed by atoms with van der Waals surface area (Å²) >= 11 is 0. The number of hydrogen-bond acceptors (Lipinski definition) is 3. The summed E-state index contributed by atoms with van der Waals surface area (Å²) < 4.78 is 1.92. The van der Waals surface area contributed by atoms with Crippen molar-refractivity contribution in [3.05, 3.63) is 17.5 Å². The van der Waals surface area contributed by atoms with E-state index < -0.39 is 5.54 Å². The summed E-state index contributed by atoms with van der Waals surface area (Å²) in [4.78, 5) is 14.4. The van der Waals surface area contributed by atoms with Crippen LogP contribution in [-0.4, -0.2) is 33.2 Å². The zero-order valence-corrected chi connectivity index (χ0v) is 13.4. The molecule has 1 heterocycles. The van der Waals surface area contributed by atoms with Gasteiger partial charge in [-0.25, -0.2) is 0 Å². The molecule has 0 unspecified atom stereocenters. The van der Waals surface area contributed by atoms with Gasteiger partial charge in [0.15, 0.2) is 0 Å². The van der Waals surface area contributed by atoms with Crippen molar-refractivity contribution in [3.8, 4) is 6.07 Å². The first kappa shape index (κ1) is 15.6. The zero-order valence-electron chi connectivity index (χ0n) is 13.4. The molecule has 114 valence electrons. The lowest BCUT2D eigenvalue weighted by molar-refractivity contribution is 0.0496.